The zero-order valence-corrected chi connectivity index (χ0v) is 22.0. The lowest BCUT2D eigenvalue weighted by Gasteiger charge is -2.31. The Balaban J connectivity index is 1.52. The van der Waals surface area contributed by atoms with Crippen LogP contribution < -0.4 is 15.8 Å². The lowest BCUT2D eigenvalue weighted by molar-refractivity contribution is -0.0371. The number of hydrogen-bond acceptors (Lipinski definition) is 7. The number of halogens is 2. The molecule has 0 saturated carbocycles. The lowest BCUT2D eigenvalue weighted by atomic mass is 9.82. The van der Waals surface area contributed by atoms with Crippen LogP contribution in [-0.4, -0.2) is 28.4 Å². The van der Waals surface area contributed by atoms with Crippen LogP contribution in [0, 0.1) is 12.7 Å². The van der Waals surface area contributed by atoms with Crippen molar-refractivity contribution in [2.75, 3.05) is 6.61 Å². The minimum atomic E-state index is -4.21. The van der Waals surface area contributed by atoms with Crippen molar-refractivity contribution in [1.29, 1.82) is 0 Å². The fourth-order valence-corrected chi connectivity index (χ4v) is 5.49. The molecule has 2 aliphatic rings. The molecule has 0 radical (unpaired) electrons. The highest BCUT2D eigenvalue weighted by Gasteiger charge is 2.43. The molecule has 0 aliphatic carbocycles. The molecule has 1 fully saturated rings. The number of fused-ring (bicyclic) bond motifs is 1. The van der Waals surface area contributed by atoms with Gasteiger partial charge in [-0.1, -0.05) is 34.6 Å². The maximum absolute atomic E-state index is 15.3. The van der Waals surface area contributed by atoms with E-state index in [2.05, 4.69) is 4.98 Å². The Morgan fingerprint density at radius 2 is 2.00 bits per heavy atom. The van der Waals surface area contributed by atoms with Gasteiger partial charge in [-0.25, -0.2) is 18.1 Å². The van der Waals surface area contributed by atoms with Gasteiger partial charge in [0.2, 0.25) is 0 Å². The maximum atomic E-state index is 15.3. The number of nitrogens with one attached hydrogen (secondary N) is 1. The summed E-state index contributed by atoms with van der Waals surface area (Å²) in [7, 11) is -4.21. The summed E-state index contributed by atoms with van der Waals surface area (Å²) in [6, 6.07) is 1.71. The van der Waals surface area contributed by atoms with E-state index in [-0.39, 0.29) is 35.8 Å². The molecule has 4 rings (SSSR count). The summed E-state index contributed by atoms with van der Waals surface area (Å²) in [4.78, 5) is 25.9. The number of aromatic nitrogens is 2. The van der Waals surface area contributed by atoms with Crippen LogP contribution >= 0.6 is 7.82 Å². The van der Waals surface area contributed by atoms with Crippen molar-refractivity contribution < 1.29 is 31.7 Å². The SMILES string of the molecule is Cc1cn(C2CC(F)C(COP3(=O)OCc4c(F)c(C(C)(C)C)cc(C(C)C)c4O3)O2)c(=O)[nH]c1=O. The maximum Gasteiger partial charge on any atom is 0.530 e. The molecule has 2 aliphatic heterocycles. The Labute approximate surface area is 207 Å². The summed E-state index contributed by atoms with van der Waals surface area (Å²) in [6.45, 7) is 10.2. The van der Waals surface area contributed by atoms with Gasteiger partial charge in [-0.2, -0.15) is 0 Å². The van der Waals surface area contributed by atoms with Crippen LogP contribution in [0.15, 0.2) is 21.9 Å². The smallest absolute Gasteiger partial charge is 0.403 e. The Bertz CT molecular complexity index is 1330. The predicted molar refractivity (Wildman–Crippen MR) is 128 cm³/mol. The van der Waals surface area contributed by atoms with E-state index >= 15 is 4.39 Å². The predicted octanol–water partition coefficient (Wildman–Crippen LogP) is 4.76. The molecule has 1 aromatic heterocycles. The van der Waals surface area contributed by atoms with Crippen molar-refractivity contribution in [2.45, 2.75) is 84.4 Å². The Morgan fingerprint density at radius 1 is 1.31 bits per heavy atom. The fraction of sp³-hybridized carbons (Fsp3) is 0.583. The van der Waals surface area contributed by atoms with Gasteiger partial charge in [0, 0.05) is 18.2 Å². The molecular formula is C24H31F2N2O7P. The molecular weight excluding hydrogens is 497 g/mol. The van der Waals surface area contributed by atoms with Crippen LogP contribution in [0.5, 0.6) is 5.75 Å². The van der Waals surface area contributed by atoms with Gasteiger partial charge in [0.05, 0.1) is 18.8 Å². The average Bonchev–Trinajstić information content (AvgIpc) is 3.14. The van der Waals surface area contributed by atoms with Gasteiger partial charge in [0.1, 0.15) is 30.1 Å². The third kappa shape index (κ3) is 5.07. The summed E-state index contributed by atoms with van der Waals surface area (Å²) in [5.41, 5.74) is -0.157. The molecule has 0 bridgehead atoms. The van der Waals surface area contributed by atoms with E-state index in [4.69, 9.17) is 18.3 Å². The van der Waals surface area contributed by atoms with Crippen molar-refractivity contribution in [3.63, 3.8) is 0 Å². The number of ether oxygens (including phenoxy) is 1. The number of benzene rings is 1. The minimum absolute atomic E-state index is 0.0692. The molecule has 4 unspecified atom stereocenters. The van der Waals surface area contributed by atoms with Gasteiger partial charge in [0.25, 0.3) is 5.56 Å². The summed E-state index contributed by atoms with van der Waals surface area (Å²) in [5.74, 6) is -0.442. The zero-order chi connectivity index (χ0) is 26.6. The Kier molecular flexibility index (Phi) is 7.07. The monoisotopic (exact) mass is 528 g/mol. The number of aryl methyl sites for hydroxylation is 1. The molecule has 2 aromatic rings. The number of rotatable bonds is 5. The van der Waals surface area contributed by atoms with Gasteiger partial charge in [0.15, 0.2) is 0 Å². The number of phosphoric ester groups is 1. The van der Waals surface area contributed by atoms with E-state index in [1.807, 2.05) is 34.6 Å². The fourth-order valence-electron chi connectivity index (χ4n) is 4.25. The zero-order valence-electron chi connectivity index (χ0n) is 21.1. The first-order valence-corrected chi connectivity index (χ1v) is 13.2. The first kappa shape index (κ1) is 26.7. The first-order valence-electron chi connectivity index (χ1n) is 11.8. The van der Waals surface area contributed by atoms with Gasteiger partial charge < -0.3 is 9.26 Å². The number of aromatic amines is 1. The van der Waals surface area contributed by atoms with Crippen LogP contribution in [0.25, 0.3) is 0 Å². The average molecular weight is 528 g/mol. The van der Waals surface area contributed by atoms with E-state index < -0.39 is 55.4 Å². The van der Waals surface area contributed by atoms with Crippen LogP contribution in [0.1, 0.15) is 75.4 Å². The standard InChI is InChI=1S/C24H31F2N2O7P/c1-12(2)14-7-16(24(4,5)6)20(26)15-10-32-36(31,35-21(14)15)33-11-18-17(25)8-19(34-18)28-9-13(3)22(29)27-23(28)30/h7,9,12,17-19H,8,10-11H2,1-6H3,(H,27,29,30). The molecule has 12 heteroatoms. The summed E-state index contributed by atoms with van der Waals surface area (Å²) >= 11 is 0. The van der Waals surface area contributed by atoms with Crippen molar-refractivity contribution in [1.82, 2.24) is 9.55 Å². The van der Waals surface area contributed by atoms with Gasteiger partial charge in [-0.05, 0) is 35.4 Å². The van der Waals surface area contributed by atoms with Gasteiger partial charge in [-0.15, -0.1) is 0 Å². The number of nitrogens with zero attached hydrogens (tertiary/aromatic N) is 1. The quantitative estimate of drug-likeness (QED) is 0.557. The number of H-pyrrole nitrogens is 1. The lowest BCUT2D eigenvalue weighted by Crippen LogP contribution is -2.33. The van der Waals surface area contributed by atoms with Crippen molar-refractivity contribution in [3.05, 3.63) is 61.2 Å². The van der Waals surface area contributed by atoms with E-state index in [1.54, 1.807) is 6.07 Å². The van der Waals surface area contributed by atoms with E-state index in [0.29, 0.717) is 11.1 Å². The largest absolute Gasteiger partial charge is 0.530 e. The highest BCUT2D eigenvalue weighted by molar-refractivity contribution is 7.49. The molecule has 198 valence electrons. The molecule has 9 nitrogen and oxygen atoms in total. The molecule has 36 heavy (non-hydrogen) atoms. The topological polar surface area (TPSA) is 109 Å². The van der Waals surface area contributed by atoms with Crippen LogP contribution in [0.4, 0.5) is 8.78 Å². The van der Waals surface area contributed by atoms with Crippen molar-refractivity contribution in [2.24, 2.45) is 0 Å². The minimum Gasteiger partial charge on any atom is -0.403 e. The van der Waals surface area contributed by atoms with Gasteiger partial charge in [-0.3, -0.25) is 23.4 Å². The van der Waals surface area contributed by atoms with Gasteiger partial charge >= 0.3 is 13.5 Å². The number of alkyl halides is 1. The second-order valence-corrected chi connectivity index (χ2v) is 12.1. The van der Waals surface area contributed by atoms with Crippen LogP contribution in [0.3, 0.4) is 0 Å². The van der Waals surface area contributed by atoms with E-state index in [0.717, 1.165) is 4.57 Å². The second kappa shape index (κ2) is 9.52. The number of hydrogen-bond donors (Lipinski definition) is 1. The molecule has 1 aromatic carbocycles. The third-order valence-electron chi connectivity index (χ3n) is 6.35. The van der Waals surface area contributed by atoms with Crippen LogP contribution in [-0.2, 0) is 30.4 Å². The Morgan fingerprint density at radius 3 is 2.64 bits per heavy atom. The first-order chi connectivity index (χ1) is 16.7. The van der Waals surface area contributed by atoms with Crippen molar-refractivity contribution in [3.8, 4) is 5.75 Å². The summed E-state index contributed by atoms with van der Waals surface area (Å²) in [5, 5.41) is 0. The number of phosphoric acid groups is 1. The molecule has 1 saturated heterocycles. The highest BCUT2D eigenvalue weighted by Crippen LogP contribution is 2.57. The van der Waals surface area contributed by atoms with Crippen LogP contribution in [0.2, 0.25) is 0 Å². The normalized spacial score (nSPS) is 26.2. The van der Waals surface area contributed by atoms with E-state index in [9.17, 15) is 18.5 Å². The third-order valence-corrected chi connectivity index (χ3v) is 7.67. The van der Waals surface area contributed by atoms with Crippen molar-refractivity contribution >= 4 is 7.82 Å². The Hall–Kier alpha value is -2.33. The molecule has 0 amide bonds. The highest BCUT2D eigenvalue weighted by atomic mass is 31.2. The summed E-state index contributed by atoms with van der Waals surface area (Å²) in [6.07, 6.45) is -2.58. The van der Waals surface area contributed by atoms with E-state index in [1.165, 1.54) is 13.1 Å². The molecule has 3 heterocycles. The molecule has 0 spiro atoms. The molecule has 4 atom stereocenters. The second-order valence-electron chi connectivity index (χ2n) is 10.5. The summed E-state index contributed by atoms with van der Waals surface area (Å²) < 4.78 is 66.3. The molecule has 1 N–H and O–H groups in total.